The van der Waals surface area contributed by atoms with Gasteiger partial charge in [0.25, 0.3) is 0 Å². The number of phenolic OH excluding ortho intramolecular Hbond substituents is 3. The maximum absolute atomic E-state index is 9.53. The van der Waals surface area contributed by atoms with Crippen molar-refractivity contribution in [2.75, 3.05) is 0 Å². The monoisotopic (exact) mass is 226 g/mol. The van der Waals surface area contributed by atoms with Crippen molar-refractivity contribution >= 4 is 0 Å². The third-order valence-electron chi connectivity index (χ3n) is 2.19. The number of phenols is 3. The molecule has 0 heterocycles. The Morgan fingerprint density at radius 1 is 0.765 bits per heavy atom. The summed E-state index contributed by atoms with van der Waals surface area (Å²) in [5.41, 5.74) is 0.881. The molecule has 3 heteroatoms. The molecule has 0 saturated carbocycles. The van der Waals surface area contributed by atoms with Gasteiger partial charge in [-0.15, -0.1) is 0 Å². The summed E-state index contributed by atoms with van der Waals surface area (Å²) in [7, 11) is 0. The Hall–Kier alpha value is -2.60. The highest BCUT2D eigenvalue weighted by Gasteiger charge is 2.06. The van der Waals surface area contributed by atoms with Gasteiger partial charge >= 0.3 is 0 Å². The van der Waals surface area contributed by atoms with Gasteiger partial charge in [-0.05, 0) is 12.1 Å². The van der Waals surface area contributed by atoms with E-state index in [0.29, 0.717) is 0 Å². The van der Waals surface area contributed by atoms with Crippen LogP contribution in [0.4, 0.5) is 0 Å². The molecule has 0 bridgehead atoms. The lowest BCUT2D eigenvalue weighted by molar-refractivity contribution is 0.426. The maximum Gasteiger partial charge on any atom is 0.138 e. The minimum absolute atomic E-state index is 0.103. The van der Waals surface area contributed by atoms with Gasteiger partial charge in [-0.25, -0.2) is 0 Å². The first kappa shape index (κ1) is 10.9. The Labute approximate surface area is 98.6 Å². The second kappa shape index (κ2) is 4.50. The van der Waals surface area contributed by atoms with E-state index in [4.69, 9.17) is 5.11 Å². The molecule has 0 radical (unpaired) electrons. The van der Waals surface area contributed by atoms with Crippen LogP contribution in [0.5, 0.6) is 17.2 Å². The quantitative estimate of drug-likeness (QED) is 0.603. The lowest BCUT2D eigenvalue weighted by atomic mass is 10.1. The number of benzene rings is 2. The summed E-state index contributed by atoms with van der Waals surface area (Å²) in [6.07, 6.45) is 0. The van der Waals surface area contributed by atoms with E-state index in [1.165, 1.54) is 0 Å². The van der Waals surface area contributed by atoms with E-state index in [0.717, 1.165) is 17.7 Å². The summed E-state index contributed by atoms with van der Waals surface area (Å²) >= 11 is 0. The largest absolute Gasteiger partial charge is 0.508 e. The van der Waals surface area contributed by atoms with Crippen LogP contribution in [0.15, 0.2) is 42.5 Å². The van der Waals surface area contributed by atoms with Crippen molar-refractivity contribution in [1.82, 2.24) is 0 Å². The standard InChI is InChI=1S/C14H10O3/c15-11-8-13(16)12(14(17)9-11)7-6-10-4-2-1-3-5-10/h1-5,8-9,15-17H. The molecular weight excluding hydrogens is 216 g/mol. The SMILES string of the molecule is Oc1cc(O)c(C#Cc2ccccc2)c(O)c1. The van der Waals surface area contributed by atoms with Crippen molar-refractivity contribution in [3.63, 3.8) is 0 Å². The molecule has 0 aliphatic carbocycles. The van der Waals surface area contributed by atoms with Crippen molar-refractivity contribution in [1.29, 1.82) is 0 Å². The molecule has 0 aromatic heterocycles. The Morgan fingerprint density at radius 2 is 1.35 bits per heavy atom. The zero-order chi connectivity index (χ0) is 12.3. The third-order valence-corrected chi connectivity index (χ3v) is 2.19. The molecule has 0 fully saturated rings. The van der Waals surface area contributed by atoms with E-state index < -0.39 is 0 Å². The van der Waals surface area contributed by atoms with Gasteiger partial charge in [0.15, 0.2) is 0 Å². The highest BCUT2D eigenvalue weighted by atomic mass is 16.3. The average Bonchev–Trinajstić information content (AvgIpc) is 2.29. The number of hydrogen-bond acceptors (Lipinski definition) is 3. The summed E-state index contributed by atoms with van der Waals surface area (Å²) in [6, 6.07) is 11.5. The fourth-order valence-electron chi connectivity index (χ4n) is 1.38. The van der Waals surface area contributed by atoms with E-state index >= 15 is 0 Å². The summed E-state index contributed by atoms with van der Waals surface area (Å²) in [4.78, 5) is 0. The van der Waals surface area contributed by atoms with Gasteiger partial charge in [0.2, 0.25) is 0 Å². The summed E-state index contributed by atoms with van der Waals surface area (Å²) < 4.78 is 0. The van der Waals surface area contributed by atoms with Crippen LogP contribution < -0.4 is 0 Å². The van der Waals surface area contributed by atoms with Crippen molar-refractivity contribution < 1.29 is 15.3 Å². The van der Waals surface area contributed by atoms with Crippen LogP contribution in [0.3, 0.4) is 0 Å². The Kier molecular flexibility index (Phi) is 2.89. The van der Waals surface area contributed by atoms with Crippen molar-refractivity contribution in [2.45, 2.75) is 0 Å². The summed E-state index contributed by atoms with van der Waals surface area (Å²) in [5, 5.41) is 28.2. The van der Waals surface area contributed by atoms with Gasteiger partial charge in [0.05, 0.1) is 0 Å². The Balaban J connectivity index is 2.41. The highest BCUT2D eigenvalue weighted by molar-refractivity contribution is 5.58. The molecule has 0 aliphatic rings. The maximum atomic E-state index is 9.53. The predicted molar refractivity (Wildman–Crippen MR) is 63.9 cm³/mol. The lowest BCUT2D eigenvalue weighted by Crippen LogP contribution is -1.80. The van der Waals surface area contributed by atoms with Gasteiger partial charge in [0, 0.05) is 17.7 Å². The minimum Gasteiger partial charge on any atom is -0.508 e. The lowest BCUT2D eigenvalue weighted by Gasteiger charge is -2.01. The van der Waals surface area contributed by atoms with Crippen molar-refractivity contribution in [3.8, 4) is 29.1 Å². The van der Waals surface area contributed by atoms with Crippen LogP contribution in [-0.2, 0) is 0 Å². The first-order valence-electron chi connectivity index (χ1n) is 4.99. The van der Waals surface area contributed by atoms with Crippen LogP contribution in [0.1, 0.15) is 11.1 Å². The Morgan fingerprint density at radius 3 is 1.94 bits per heavy atom. The van der Waals surface area contributed by atoms with E-state index in [1.54, 1.807) is 0 Å². The first-order chi connectivity index (χ1) is 8.16. The summed E-state index contributed by atoms with van der Waals surface area (Å²) in [6.45, 7) is 0. The fourth-order valence-corrected chi connectivity index (χ4v) is 1.38. The number of hydrogen-bond donors (Lipinski definition) is 3. The van der Waals surface area contributed by atoms with Gasteiger partial charge in [-0.2, -0.15) is 0 Å². The van der Waals surface area contributed by atoms with Crippen LogP contribution in [0.25, 0.3) is 0 Å². The molecule has 0 aliphatic heterocycles. The highest BCUT2D eigenvalue weighted by Crippen LogP contribution is 2.30. The van der Waals surface area contributed by atoms with Crippen LogP contribution in [0, 0.1) is 11.8 Å². The zero-order valence-corrected chi connectivity index (χ0v) is 8.88. The van der Waals surface area contributed by atoms with Crippen molar-refractivity contribution in [2.24, 2.45) is 0 Å². The molecule has 0 atom stereocenters. The molecule has 2 aromatic carbocycles. The van der Waals surface area contributed by atoms with Crippen molar-refractivity contribution in [3.05, 3.63) is 53.6 Å². The van der Waals surface area contributed by atoms with E-state index in [9.17, 15) is 10.2 Å². The second-order valence-electron chi connectivity index (χ2n) is 3.48. The third kappa shape index (κ3) is 2.50. The molecule has 84 valence electrons. The molecule has 0 unspecified atom stereocenters. The van der Waals surface area contributed by atoms with Crippen LogP contribution in [0.2, 0.25) is 0 Å². The van der Waals surface area contributed by atoms with Gasteiger partial charge < -0.3 is 15.3 Å². The predicted octanol–water partition coefficient (Wildman–Crippen LogP) is 2.20. The molecule has 0 saturated heterocycles. The van der Waals surface area contributed by atoms with E-state index in [2.05, 4.69) is 11.8 Å². The van der Waals surface area contributed by atoms with Crippen LogP contribution in [-0.4, -0.2) is 15.3 Å². The molecule has 2 aromatic rings. The molecule has 3 nitrogen and oxygen atoms in total. The second-order valence-corrected chi connectivity index (χ2v) is 3.48. The average molecular weight is 226 g/mol. The number of rotatable bonds is 0. The zero-order valence-electron chi connectivity index (χ0n) is 8.88. The normalized spacial score (nSPS) is 9.41. The smallest absolute Gasteiger partial charge is 0.138 e. The topological polar surface area (TPSA) is 60.7 Å². The van der Waals surface area contributed by atoms with Gasteiger partial charge in [-0.1, -0.05) is 30.0 Å². The molecule has 0 spiro atoms. The first-order valence-corrected chi connectivity index (χ1v) is 4.99. The van der Waals surface area contributed by atoms with Gasteiger partial charge in [0.1, 0.15) is 22.8 Å². The van der Waals surface area contributed by atoms with Crippen LogP contribution >= 0.6 is 0 Å². The molecule has 17 heavy (non-hydrogen) atoms. The minimum atomic E-state index is -0.245. The molecule has 2 rings (SSSR count). The van der Waals surface area contributed by atoms with E-state index in [1.807, 2.05) is 30.3 Å². The van der Waals surface area contributed by atoms with E-state index in [-0.39, 0.29) is 22.8 Å². The Bertz CT molecular complexity index is 569. The molecule has 0 amide bonds. The molecule has 3 N–H and O–H groups in total. The number of aromatic hydroxyl groups is 3. The molecular formula is C14H10O3. The summed E-state index contributed by atoms with van der Waals surface area (Å²) in [5.74, 6) is 4.78. The fraction of sp³-hybridized carbons (Fsp3) is 0. The van der Waals surface area contributed by atoms with Gasteiger partial charge in [-0.3, -0.25) is 0 Å².